The number of hydrogen-bond donors (Lipinski definition) is 2. The molecule has 0 atom stereocenters. The van der Waals surface area contributed by atoms with Crippen molar-refractivity contribution in [1.82, 2.24) is 9.78 Å². The van der Waals surface area contributed by atoms with Crippen LogP contribution in [-0.2, 0) is 0 Å². The van der Waals surface area contributed by atoms with Gasteiger partial charge in [-0.05, 0) is 25.0 Å². The van der Waals surface area contributed by atoms with E-state index in [4.69, 9.17) is 5.73 Å². The van der Waals surface area contributed by atoms with Crippen LogP contribution in [0.1, 0.15) is 56.4 Å². The first-order valence-electron chi connectivity index (χ1n) is 6.30. The highest BCUT2D eigenvalue weighted by Gasteiger charge is 2.24. The van der Waals surface area contributed by atoms with E-state index < -0.39 is 5.97 Å². The topological polar surface area (TPSA) is 81.1 Å². The first-order chi connectivity index (χ1) is 8.56. The van der Waals surface area contributed by atoms with Gasteiger partial charge in [0.25, 0.3) is 0 Å². The molecular formula is C12H21N3O2S. The Morgan fingerprint density at radius 2 is 2.06 bits per heavy atom. The van der Waals surface area contributed by atoms with E-state index in [0.717, 1.165) is 25.0 Å². The van der Waals surface area contributed by atoms with Crippen LogP contribution in [0.15, 0.2) is 5.03 Å². The molecule has 0 aliphatic rings. The summed E-state index contributed by atoms with van der Waals surface area (Å²) >= 11 is 1.46. The van der Waals surface area contributed by atoms with E-state index in [0.29, 0.717) is 5.03 Å². The third-order valence-electron chi connectivity index (χ3n) is 2.86. The Bertz CT molecular complexity index is 414. The van der Waals surface area contributed by atoms with E-state index in [-0.39, 0.29) is 17.4 Å². The smallest absolute Gasteiger partial charge is 0.342 e. The number of carbonyl (C=O) groups is 1. The van der Waals surface area contributed by atoms with Gasteiger partial charge in [-0.2, -0.15) is 5.10 Å². The quantitative estimate of drug-likeness (QED) is 0.745. The highest BCUT2D eigenvalue weighted by Crippen LogP contribution is 2.30. The number of nitrogens with zero attached hydrogens (tertiary/aromatic N) is 2. The van der Waals surface area contributed by atoms with Crippen molar-refractivity contribution in [3.8, 4) is 0 Å². The second kappa shape index (κ2) is 6.68. The average Bonchev–Trinajstić information content (AvgIpc) is 2.66. The van der Waals surface area contributed by atoms with Gasteiger partial charge in [0.1, 0.15) is 16.4 Å². The van der Waals surface area contributed by atoms with Crippen LogP contribution in [0.4, 0.5) is 5.82 Å². The number of aromatic carboxylic acids is 1. The Balaban J connectivity index is 3.17. The van der Waals surface area contributed by atoms with Gasteiger partial charge in [0, 0.05) is 0 Å². The summed E-state index contributed by atoms with van der Waals surface area (Å²) in [4.78, 5) is 11.3. The predicted molar refractivity (Wildman–Crippen MR) is 74.2 cm³/mol. The molecule has 0 aliphatic heterocycles. The van der Waals surface area contributed by atoms with E-state index in [1.54, 1.807) is 4.68 Å². The fourth-order valence-corrected chi connectivity index (χ4v) is 2.72. The van der Waals surface area contributed by atoms with Crippen molar-refractivity contribution in [2.24, 2.45) is 0 Å². The molecule has 102 valence electrons. The van der Waals surface area contributed by atoms with Crippen molar-refractivity contribution in [1.29, 1.82) is 0 Å². The van der Waals surface area contributed by atoms with Crippen LogP contribution < -0.4 is 5.73 Å². The van der Waals surface area contributed by atoms with E-state index in [9.17, 15) is 9.90 Å². The Labute approximate surface area is 112 Å². The van der Waals surface area contributed by atoms with Gasteiger partial charge in [-0.3, -0.25) is 0 Å². The van der Waals surface area contributed by atoms with Gasteiger partial charge in [-0.15, -0.1) is 11.8 Å². The van der Waals surface area contributed by atoms with Crippen LogP contribution in [0.25, 0.3) is 0 Å². The van der Waals surface area contributed by atoms with Crippen molar-refractivity contribution < 1.29 is 9.90 Å². The van der Waals surface area contributed by atoms with E-state index in [1.165, 1.54) is 11.8 Å². The summed E-state index contributed by atoms with van der Waals surface area (Å²) in [6, 6.07) is 0.166. The van der Waals surface area contributed by atoms with Gasteiger partial charge in [0.05, 0.1) is 6.04 Å². The second-order valence-electron chi connectivity index (χ2n) is 4.13. The maximum Gasteiger partial charge on any atom is 0.342 e. The van der Waals surface area contributed by atoms with Crippen LogP contribution in [0.3, 0.4) is 0 Å². The summed E-state index contributed by atoms with van der Waals surface area (Å²) in [7, 11) is 0. The Morgan fingerprint density at radius 1 is 1.44 bits per heavy atom. The minimum absolute atomic E-state index is 0.153. The predicted octanol–water partition coefficient (Wildman–Crippen LogP) is 3.03. The number of aromatic nitrogens is 2. The lowest BCUT2D eigenvalue weighted by atomic mass is 10.2. The minimum atomic E-state index is -0.997. The Morgan fingerprint density at radius 3 is 2.50 bits per heavy atom. The third-order valence-corrected chi connectivity index (χ3v) is 4.03. The summed E-state index contributed by atoms with van der Waals surface area (Å²) in [5.41, 5.74) is 6.09. The largest absolute Gasteiger partial charge is 0.477 e. The first-order valence-corrected chi connectivity index (χ1v) is 7.29. The molecule has 5 nitrogen and oxygen atoms in total. The highest BCUT2D eigenvalue weighted by atomic mass is 32.2. The maximum atomic E-state index is 11.3. The highest BCUT2D eigenvalue weighted by molar-refractivity contribution is 7.99. The minimum Gasteiger partial charge on any atom is -0.477 e. The molecule has 1 aromatic rings. The van der Waals surface area contributed by atoms with Crippen LogP contribution in [0.5, 0.6) is 0 Å². The molecule has 0 aromatic carbocycles. The number of thioether (sulfide) groups is 1. The normalized spacial score (nSPS) is 11.1. The van der Waals surface area contributed by atoms with Gasteiger partial charge in [-0.1, -0.05) is 20.8 Å². The molecule has 0 aliphatic carbocycles. The molecular weight excluding hydrogens is 250 g/mol. The van der Waals surface area contributed by atoms with Gasteiger partial charge >= 0.3 is 5.97 Å². The lowest BCUT2D eigenvalue weighted by Crippen LogP contribution is -2.13. The molecule has 0 bridgehead atoms. The molecule has 0 unspecified atom stereocenters. The van der Waals surface area contributed by atoms with Gasteiger partial charge in [0.2, 0.25) is 0 Å². The molecule has 6 heteroatoms. The van der Waals surface area contributed by atoms with Crippen molar-refractivity contribution in [3.63, 3.8) is 0 Å². The standard InChI is InChI=1S/C12H21N3O2S/c1-4-7-18-11-9(12(16)17)10(13)15(14-11)8(5-2)6-3/h8H,4-7,13H2,1-3H3,(H,16,17). The number of rotatable bonds is 7. The van der Waals surface area contributed by atoms with Crippen molar-refractivity contribution in [2.75, 3.05) is 11.5 Å². The molecule has 0 saturated carbocycles. The molecule has 0 fully saturated rings. The lowest BCUT2D eigenvalue weighted by Gasteiger charge is -2.14. The Hall–Kier alpha value is -1.17. The van der Waals surface area contributed by atoms with Crippen LogP contribution in [0, 0.1) is 0 Å². The molecule has 0 amide bonds. The monoisotopic (exact) mass is 271 g/mol. The fourth-order valence-electron chi connectivity index (χ4n) is 1.84. The molecule has 0 radical (unpaired) electrons. The molecule has 3 N–H and O–H groups in total. The van der Waals surface area contributed by atoms with E-state index in [1.807, 2.05) is 0 Å². The molecule has 18 heavy (non-hydrogen) atoms. The van der Waals surface area contributed by atoms with Gasteiger partial charge in [-0.25, -0.2) is 9.48 Å². The first kappa shape index (κ1) is 14.9. The summed E-state index contributed by atoms with van der Waals surface area (Å²) in [5.74, 6) is 0.123. The fraction of sp³-hybridized carbons (Fsp3) is 0.667. The molecule has 1 rings (SSSR count). The number of hydrogen-bond acceptors (Lipinski definition) is 4. The van der Waals surface area contributed by atoms with E-state index in [2.05, 4.69) is 25.9 Å². The van der Waals surface area contributed by atoms with Crippen LogP contribution in [0.2, 0.25) is 0 Å². The molecule has 0 saturated heterocycles. The third kappa shape index (κ3) is 2.98. The molecule has 0 spiro atoms. The second-order valence-corrected chi connectivity index (χ2v) is 5.22. The zero-order chi connectivity index (χ0) is 13.7. The van der Waals surface area contributed by atoms with Crippen molar-refractivity contribution in [2.45, 2.75) is 51.1 Å². The number of anilines is 1. The number of carboxylic acid groups (broad SMARTS) is 1. The lowest BCUT2D eigenvalue weighted by molar-refractivity contribution is 0.0694. The molecule has 1 heterocycles. The van der Waals surface area contributed by atoms with Crippen LogP contribution >= 0.6 is 11.8 Å². The van der Waals surface area contributed by atoms with Gasteiger partial charge in [0.15, 0.2) is 0 Å². The summed E-state index contributed by atoms with van der Waals surface area (Å²) < 4.78 is 1.67. The molecule has 1 aromatic heterocycles. The summed E-state index contributed by atoms with van der Waals surface area (Å²) in [5, 5.41) is 14.2. The van der Waals surface area contributed by atoms with E-state index >= 15 is 0 Å². The van der Waals surface area contributed by atoms with Crippen LogP contribution in [-0.4, -0.2) is 26.6 Å². The SMILES string of the molecule is CCCSc1nn(C(CC)CC)c(N)c1C(=O)O. The zero-order valence-corrected chi connectivity index (χ0v) is 12.0. The Kier molecular flexibility index (Phi) is 5.53. The van der Waals surface area contributed by atoms with Crippen molar-refractivity contribution >= 4 is 23.5 Å². The number of nitrogens with two attached hydrogens (primary N) is 1. The zero-order valence-electron chi connectivity index (χ0n) is 11.1. The van der Waals surface area contributed by atoms with Crippen molar-refractivity contribution in [3.05, 3.63) is 5.56 Å². The summed E-state index contributed by atoms with van der Waals surface area (Å²) in [6.45, 7) is 6.15. The summed E-state index contributed by atoms with van der Waals surface area (Å²) in [6.07, 6.45) is 2.75. The average molecular weight is 271 g/mol. The maximum absolute atomic E-state index is 11.3. The van der Waals surface area contributed by atoms with Gasteiger partial charge < -0.3 is 10.8 Å². The number of nitrogen functional groups attached to an aromatic ring is 1. The number of carboxylic acids is 1.